The topological polar surface area (TPSA) is 41.4 Å². The minimum Gasteiger partial charge on any atom is -0.368 e. The maximum absolute atomic E-state index is 13.0. The van der Waals surface area contributed by atoms with Gasteiger partial charge in [0.25, 0.3) is 5.91 Å². The largest absolute Gasteiger partial charge is 0.368 e. The van der Waals surface area contributed by atoms with Gasteiger partial charge in [0, 0.05) is 55.2 Å². The molecule has 2 aromatic heterocycles. The number of anilines is 1. The molecular weight excluding hydrogens is 392 g/mol. The fourth-order valence-corrected chi connectivity index (χ4v) is 4.98. The van der Waals surface area contributed by atoms with Gasteiger partial charge in [-0.05, 0) is 36.8 Å². The van der Waals surface area contributed by atoms with E-state index in [0.717, 1.165) is 23.8 Å². The number of hydrogen-bond acceptors (Lipinski definition) is 4. The average molecular weight is 417 g/mol. The lowest BCUT2D eigenvalue weighted by molar-refractivity contribution is 0.0742. The zero-order chi connectivity index (χ0) is 20.7. The van der Waals surface area contributed by atoms with E-state index < -0.39 is 0 Å². The summed E-state index contributed by atoms with van der Waals surface area (Å²) in [4.78, 5) is 22.0. The van der Waals surface area contributed by atoms with Crippen LogP contribution in [-0.2, 0) is 7.05 Å². The Morgan fingerprint density at radius 3 is 2.57 bits per heavy atom. The summed E-state index contributed by atoms with van der Waals surface area (Å²) in [6.45, 7) is 5.23. The van der Waals surface area contributed by atoms with Crippen molar-refractivity contribution in [2.24, 2.45) is 7.05 Å². The summed E-state index contributed by atoms with van der Waals surface area (Å²) in [6.07, 6.45) is 0. The number of carbonyl (C=O) groups is 1. The highest BCUT2D eigenvalue weighted by molar-refractivity contribution is 7.13. The number of aromatic nitrogens is 2. The lowest BCUT2D eigenvalue weighted by Crippen LogP contribution is -2.48. The molecular formula is C24H24N4OS. The molecule has 5 nitrogen and oxygen atoms in total. The molecule has 1 aliphatic heterocycles. The zero-order valence-corrected chi connectivity index (χ0v) is 18.0. The Labute approximate surface area is 180 Å². The Kier molecular flexibility index (Phi) is 4.79. The number of para-hydroxylation sites is 1. The third kappa shape index (κ3) is 3.37. The van der Waals surface area contributed by atoms with Crippen molar-refractivity contribution in [3.05, 3.63) is 71.2 Å². The molecule has 0 spiro atoms. The van der Waals surface area contributed by atoms with Gasteiger partial charge in [0.15, 0.2) is 0 Å². The van der Waals surface area contributed by atoms with Crippen LogP contribution in [0.15, 0.2) is 60.0 Å². The molecule has 152 valence electrons. The molecule has 0 atom stereocenters. The Morgan fingerprint density at radius 1 is 1.00 bits per heavy atom. The van der Waals surface area contributed by atoms with E-state index in [1.807, 2.05) is 29.5 Å². The van der Waals surface area contributed by atoms with Crippen LogP contribution in [0.5, 0.6) is 0 Å². The number of benzene rings is 2. The summed E-state index contributed by atoms with van der Waals surface area (Å²) >= 11 is 1.53. The highest BCUT2D eigenvalue weighted by atomic mass is 32.1. The van der Waals surface area contributed by atoms with E-state index in [9.17, 15) is 4.79 Å². The van der Waals surface area contributed by atoms with E-state index in [2.05, 4.69) is 58.9 Å². The van der Waals surface area contributed by atoms with Gasteiger partial charge in [-0.3, -0.25) is 4.79 Å². The quantitative estimate of drug-likeness (QED) is 0.491. The molecule has 6 heteroatoms. The van der Waals surface area contributed by atoms with E-state index in [1.54, 1.807) is 0 Å². The van der Waals surface area contributed by atoms with E-state index in [4.69, 9.17) is 4.98 Å². The third-order valence-corrected chi connectivity index (χ3v) is 6.69. The van der Waals surface area contributed by atoms with Crippen molar-refractivity contribution in [3.8, 4) is 10.7 Å². The van der Waals surface area contributed by atoms with Crippen LogP contribution in [0.2, 0.25) is 0 Å². The molecule has 0 unspecified atom stereocenters. The molecule has 0 saturated carbocycles. The molecule has 1 fully saturated rings. The highest BCUT2D eigenvalue weighted by Gasteiger charge is 2.24. The summed E-state index contributed by atoms with van der Waals surface area (Å²) in [5.41, 5.74) is 5.25. The van der Waals surface area contributed by atoms with Crippen LogP contribution >= 0.6 is 11.3 Å². The lowest BCUT2D eigenvalue weighted by atomic mass is 10.2. The van der Waals surface area contributed by atoms with Gasteiger partial charge in [0.2, 0.25) is 0 Å². The van der Waals surface area contributed by atoms with Crippen LogP contribution in [0.1, 0.15) is 16.1 Å². The van der Waals surface area contributed by atoms with Gasteiger partial charge in [-0.1, -0.05) is 30.3 Å². The van der Waals surface area contributed by atoms with Gasteiger partial charge in [0.05, 0.1) is 5.69 Å². The molecule has 0 N–H and O–H groups in total. The summed E-state index contributed by atoms with van der Waals surface area (Å²) < 4.78 is 2.14. The summed E-state index contributed by atoms with van der Waals surface area (Å²) in [5, 5.41) is 3.96. The molecule has 1 aliphatic rings. The molecule has 4 aromatic rings. The highest BCUT2D eigenvalue weighted by Crippen LogP contribution is 2.30. The molecule has 0 bridgehead atoms. The Hall–Kier alpha value is -3.12. The predicted molar refractivity (Wildman–Crippen MR) is 123 cm³/mol. The predicted octanol–water partition coefficient (Wildman–Crippen LogP) is 4.57. The van der Waals surface area contributed by atoms with Gasteiger partial charge >= 0.3 is 0 Å². The first-order valence-corrected chi connectivity index (χ1v) is 11.1. The van der Waals surface area contributed by atoms with E-state index in [0.29, 0.717) is 18.8 Å². The van der Waals surface area contributed by atoms with Crippen LogP contribution in [0, 0.1) is 6.92 Å². The molecule has 3 heterocycles. The second kappa shape index (κ2) is 7.61. The van der Waals surface area contributed by atoms with Crippen molar-refractivity contribution in [3.63, 3.8) is 0 Å². The minimum atomic E-state index is 0.0279. The van der Waals surface area contributed by atoms with Gasteiger partial charge in [-0.2, -0.15) is 0 Å². The smallest absolute Gasteiger partial charge is 0.273 e. The number of aryl methyl sites for hydroxylation is 2. The number of amides is 1. The van der Waals surface area contributed by atoms with Crippen molar-refractivity contribution in [2.75, 3.05) is 31.1 Å². The molecule has 2 aromatic carbocycles. The van der Waals surface area contributed by atoms with Crippen LogP contribution in [0.4, 0.5) is 5.69 Å². The van der Waals surface area contributed by atoms with Crippen molar-refractivity contribution in [1.29, 1.82) is 0 Å². The molecule has 0 aliphatic carbocycles. The summed E-state index contributed by atoms with van der Waals surface area (Å²) in [7, 11) is 2.05. The molecule has 1 amide bonds. The van der Waals surface area contributed by atoms with E-state index in [1.165, 1.54) is 33.5 Å². The first-order valence-electron chi connectivity index (χ1n) is 10.2. The van der Waals surface area contributed by atoms with E-state index >= 15 is 0 Å². The van der Waals surface area contributed by atoms with Crippen LogP contribution in [0.3, 0.4) is 0 Å². The van der Waals surface area contributed by atoms with Gasteiger partial charge in [-0.25, -0.2) is 4.98 Å². The maximum atomic E-state index is 13.0. The van der Waals surface area contributed by atoms with E-state index in [-0.39, 0.29) is 5.91 Å². The van der Waals surface area contributed by atoms with Gasteiger partial charge in [0.1, 0.15) is 10.7 Å². The SMILES string of the molecule is Cc1cccc(N2CCN(C(=O)c3csc(-c4cc5ccccc5n4C)n3)CC2)c1. The van der Waals surface area contributed by atoms with Crippen LogP contribution < -0.4 is 4.90 Å². The maximum Gasteiger partial charge on any atom is 0.273 e. The number of piperazine rings is 1. The van der Waals surface area contributed by atoms with Crippen LogP contribution in [0.25, 0.3) is 21.6 Å². The fraction of sp³-hybridized carbons (Fsp3) is 0.250. The van der Waals surface area contributed by atoms with Crippen molar-refractivity contribution in [2.45, 2.75) is 6.92 Å². The number of carbonyl (C=O) groups excluding carboxylic acids is 1. The number of rotatable bonds is 3. The number of thiazole rings is 1. The Balaban J connectivity index is 1.31. The third-order valence-electron chi connectivity index (χ3n) is 5.83. The van der Waals surface area contributed by atoms with Crippen molar-refractivity contribution in [1.82, 2.24) is 14.5 Å². The number of nitrogens with zero attached hydrogens (tertiary/aromatic N) is 4. The minimum absolute atomic E-state index is 0.0279. The fourth-order valence-electron chi connectivity index (χ4n) is 4.14. The second-order valence-corrected chi connectivity index (χ2v) is 8.66. The molecule has 1 saturated heterocycles. The zero-order valence-electron chi connectivity index (χ0n) is 17.2. The monoisotopic (exact) mass is 416 g/mol. The standard InChI is InChI=1S/C24H24N4OS/c1-17-6-5-8-19(14-17)27-10-12-28(13-11-27)24(29)20-16-30-23(25-20)22-15-18-7-3-4-9-21(18)26(22)2/h3-9,14-16H,10-13H2,1-2H3. The van der Waals surface area contributed by atoms with Crippen LogP contribution in [-0.4, -0.2) is 46.5 Å². The van der Waals surface area contributed by atoms with Gasteiger partial charge in [-0.15, -0.1) is 11.3 Å². The first-order chi connectivity index (χ1) is 14.6. The van der Waals surface area contributed by atoms with Gasteiger partial charge < -0.3 is 14.4 Å². The molecule has 30 heavy (non-hydrogen) atoms. The number of hydrogen-bond donors (Lipinski definition) is 0. The van der Waals surface area contributed by atoms with Crippen molar-refractivity contribution >= 4 is 33.8 Å². The van der Waals surface area contributed by atoms with Crippen molar-refractivity contribution < 1.29 is 4.79 Å². The first kappa shape index (κ1) is 18.9. The number of fused-ring (bicyclic) bond motifs is 1. The molecule has 5 rings (SSSR count). The Morgan fingerprint density at radius 2 is 1.80 bits per heavy atom. The molecule has 0 radical (unpaired) electrons. The summed E-state index contributed by atoms with van der Waals surface area (Å²) in [5.74, 6) is 0.0279. The lowest BCUT2D eigenvalue weighted by Gasteiger charge is -2.36. The Bertz CT molecular complexity index is 1220. The summed E-state index contributed by atoms with van der Waals surface area (Å²) in [6, 6.07) is 19.0. The average Bonchev–Trinajstić information content (AvgIpc) is 3.39. The second-order valence-electron chi connectivity index (χ2n) is 7.80. The normalized spacial score (nSPS) is 14.5.